The van der Waals surface area contributed by atoms with Crippen molar-refractivity contribution >= 4 is 28.0 Å². The van der Waals surface area contributed by atoms with E-state index in [9.17, 15) is 18.0 Å². The molecule has 0 radical (unpaired) electrons. The van der Waals surface area contributed by atoms with Crippen molar-refractivity contribution in [2.75, 3.05) is 0 Å². The van der Waals surface area contributed by atoms with Crippen LogP contribution in [0.25, 0.3) is 6.08 Å². The van der Waals surface area contributed by atoms with Crippen LogP contribution in [-0.4, -0.2) is 17.2 Å². The fraction of sp³-hybridized carbons (Fsp3) is 0.182. The molecular formula is C11H8BrF3O3. The minimum absolute atomic E-state index is 0.0228. The van der Waals surface area contributed by atoms with Crippen molar-refractivity contribution < 1.29 is 27.8 Å². The monoisotopic (exact) mass is 324 g/mol. The van der Waals surface area contributed by atoms with Gasteiger partial charge in [0.1, 0.15) is 11.6 Å². The van der Waals surface area contributed by atoms with Gasteiger partial charge in [-0.1, -0.05) is 0 Å². The Kier molecular flexibility index (Phi) is 4.77. The molecule has 0 spiro atoms. The van der Waals surface area contributed by atoms with Crippen LogP contribution in [0, 0.1) is 5.82 Å². The SMILES string of the molecule is C[C@H](Oc1cc(F)c(Br)cc1C=C(F)F)C(=O)O. The van der Waals surface area contributed by atoms with Crippen LogP contribution in [0.15, 0.2) is 22.7 Å². The lowest BCUT2D eigenvalue weighted by atomic mass is 10.2. The molecule has 0 aliphatic heterocycles. The Labute approximate surface area is 109 Å². The number of hydrogen-bond acceptors (Lipinski definition) is 2. The fourth-order valence-electron chi connectivity index (χ4n) is 1.12. The maximum atomic E-state index is 13.3. The van der Waals surface area contributed by atoms with Gasteiger partial charge < -0.3 is 9.84 Å². The second kappa shape index (κ2) is 5.90. The van der Waals surface area contributed by atoms with Gasteiger partial charge in [-0.2, -0.15) is 8.78 Å². The molecule has 1 aromatic rings. The van der Waals surface area contributed by atoms with Gasteiger partial charge in [0.25, 0.3) is 6.08 Å². The third-order valence-electron chi connectivity index (χ3n) is 1.97. The van der Waals surface area contributed by atoms with Crippen LogP contribution in [0.2, 0.25) is 0 Å². The first-order chi connectivity index (χ1) is 8.31. The number of carboxylic acids is 1. The Morgan fingerprint density at radius 2 is 2.11 bits per heavy atom. The topological polar surface area (TPSA) is 46.5 Å². The maximum absolute atomic E-state index is 13.3. The van der Waals surface area contributed by atoms with E-state index >= 15 is 0 Å². The van der Waals surface area contributed by atoms with Gasteiger partial charge in [-0.15, -0.1) is 0 Å². The third-order valence-corrected chi connectivity index (χ3v) is 2.58. The number of aliphatic carboxylic acids is 1. The first-order valence-corrected chi connectivity index (χ1v) is 5.51. The Hall–Kier alpha value is -1.50. The molecule has 1 rings (SSSR count). The summed E-state index contributed by atoms with van der Waals surface area (Å²) in [6.07, 6.45) is -2.81. The smallest absolute Gasteiger partial charge is 0.344 e. The molecule has 0 bridgehead atoms. The second-order valence-electron chi connectivity index (χ2n) is 3.34. The molecular weight excluding hydrogens is 317 g/mol. The summed E-state index contributed by atoms with van der Waals surface area (Å²) in [6.45, 7) is 1.21. The van der Waals surface area contributed by atoms with Gasteiger partial charge in [-0.3, -0.25) is 0 Å². The van der Waals surface area contributed by atoms with Gasteiger partial charge in [0, 0.05) is 17.7 Å². The molecule has 0 heterocycles. The highest BCUT2D eigenvalue weighted by Crippen LogP contribution is 2.29. The third kappa shape index (κ3) is 3.76. The average Bonchev–Trinajstić information content (AvgIpc) is 2.24. The van der Waals surface area contributed by atoms with E-state index in [1.165, 1.54) is 6.92 Å². The number of benzene rings is 1. The molecule has 1 atom stereocenters. The predicted molar refractivity (Wildman–Crippen MR) is 62.0 cm³/mol. The van der Waals surface area contributed by atoms with E-state index in [0.29, 0.717) is 6.08 Å². The largest absolute Gasteiger partial charge is 0.479 e. The first-order valence-electron chi connectivity index (χ1n) is 4.72. The highest BCUT2D eigenvalue weighted by atomic mass is 79.9. The van der Waals surface area contributed by atoms with E-state index in [-0.39, 0.29) is 15.8 Å². The Balaban J connectivity index is 3.19. The minimum atomic E-state index is -2.00. The molecule has 7 heteroatoms. The number of rotatable bonds is 4. The summed E-state index contributed by atoms with van der Waals surface area (Å²) in [5, 5.41) is 8.65. The van der Waals surface area contributed by atoms with Gasteiger partial charge in [0.2, 0.25) is 0 Å². The number of ether oxygens (including phenoxy) is 1. The molecule has 98 valence electrons. The van der Waals surface area contributed by atoms with E-state index in [2.05, 4.69) is 15.9 Å². The van der Waals surface area contributed by atoms with Gasteiger partial charge in [0.05, 0.1) is 4.47 Å². The molecule has 0 aromatic heterocycles. The second-order valence-corrected chi connectivity index (χ2v) is 4.19. The molecule has 0 saturated carbocycles. The van der Waals surface area contributed by atoms with Crippen LogP contribution in [0.3, 0.4) is 0 Å². The zero-order chi connectivity index (χ0) is 13.9. The summed E-state index contributed by atoms with van der Waals surface area (Å²) in [5.74, 6) is -2.29. The van der Waals surface area contributed by atoms with E-state index < -0.39 is 24.0 Å². The van der Waals surface area contributed by atoms with Crippen LogP contribution >= 0.6 is 15.9 Å². The first kappa shape index (κ1) is 14.6. The van der Waals surface area contributed by atoms with Crippen molar-refractivity contribution in [1.29, 1.82) is 0 Å². The molecule has 18 heavy (non-hydrogen) atoms. The molecule has 3 nitrogen and oxygen atoms in total. The Morgan fingerprint density at radius 3 is 2.61 bits per heavy atom. The molecule has 1 N–H and O–H groups in total. The van der Waals surface area contributed by atoms with Crippen molar-refractivity contribution in [1.82, 2.24) is 0 Å². The van der Waals surface area contributed by atoms with Gasteiger partial charge in [-0.25, -0.2) is 9.18 Å². The number of carboxylic acid groups (broad SMARTS) is 1. The molecule has 0 aliphatic rings. The lowest BCUT2D eigenvalue weighted by Gasteiger charge is -2.13. The number of carbonyl (C=O) groups is 1. The molecule has 0 fully saturated rings. The average molecular weight is 325 g/mol. The van der Waals surface area contributed by atoms with E-state index in [1.807, 2.05) is 0 Å². The quantitative estimate of drug-likeness (QED) is 0.919. The Bertz CT molecular complexity index is 499. The maximum Gasteiger partial charge on any atom is 0.344 e. The van der Waals surface area contributed by atoms with E-state index in [4.69, 9.17) is 9.84 Å². The van der Waals surface area contributed by atoms with Crippen molar-refractivity contribution in [3.63, 3.8) is 0 Å². The van der Waals surface area contributed by atoms with Crippen LogP contribution < -0.4 is 4.74 Å². The molecule has 0 saturated heterocycles. The lowest BCUT2D eigenvalue weighted by molar-refractivity contribution is -0.144. The summed E-state index contributed by atoms with van der Waals surface area (Å²) < 4.78 is 42.6. The van der Waals surface area contributed by atoms with E-state index in [0.717, 1.165) is 12.1 Å². The van der Waals surface area contributed by atoms with Gasteiger partial charge in [0.15, 0.2) is 6.10 Å². The summed E-state index contributed by atoms with van der Waals surface area (Å²) in [6, 6.07) is 1.93. The fourth-order valence-corrected chi connectivity index (χ4v) is 1.48. The van der Waals surface area contributed by atoms with Crippen LogP contribution in [0.5, 0.6) is 5.75 Å². The standard InChI is InChI=1S/C11H8BrF3O3/c1-5(11(16)17)18-9-4-8(13)7(12)2-6(9)3-10(14)15/h2-5H,1H3,(H,16,17)/t5-/m0/s1. The van der Waals surface area contributed by atoms with Crippen LogP contribution in [-0.2, 0) is 4.79 Å². The molecule has 0 amide bonds. The van der Waals surface area contributed by atoms with Crippen molar-refractivity contribution in [3.8, 4) is 5.75 Å². The lowest BCUT2D eigenvalue weighted by Crippen LogP contribution is -2.23. The molecule has 1 aromatic carbocycles. The molecule has 0 unspecified atom stereocenters. The summed E-state index contributed by atoms with van der Waals surface area (Å²) in [5.41, 5.74) is -0.114. The number of hydrogen-bond donors (Lipinski definition) is 1. The van der Waals surface area contributed by atoms with Crippen molar-refractivity contribution in [2.24, 2.45) is 0 Å². The minimum Gasteiger partial charge on any atom is -0.479 e. The van der Waals surface area contributed by atoms with Gasteiger partial charge in [-0.05, 0) is 28.9 Å². The molecule has 0 aliphatic carbocycles. The van der Waals surface area contributed by atoms with Crippen LogP contribution in [0.4, 0.5) is 13.2 Å². The Morgan fingerprint density at radius 1 is 1.50 bits per heavy atom. The van der Waals surface area contributed by atoms with Crippen molar-refractivity contribution in [3.05, 3.63) is 34.1 Å². The van der Waals surface area contributed by atoms with Gasteiger partial charge >= 0.3 is 5.97 Å². The zero-order valence-electron chi connectivity index (χ0n) is 9.08. The van der Waals surface area contributed by atoms with Crippen LogP contribution in [0.1, 0.15) is 12.5 Å². The zero-order valence-corrected chi connectivity index (χ0v) is 10.7. The summed E-state index contributed by atoms with van der Waals surface area (Å²) in [4.78, 5) is 10.6. The number of halogens is 4. The highest BCUT2D eigenvalue weighted by molar-refractivity contribution is 9.10. The summed E-state index contributed by atoms with van der Waals surface area (Å²) in [7, 11) is 0. The van der Waals surface area contributed by atoms with Crippen molar-refractivity contribution in [2.45, 2.75) is 13.0 Å². The summed E-state index contributed by atoms with van der Waals surface area (Å²) >= 11 is 2.84. The normalized spacial score (nSPS) is 11.8. The van der Waals surface area contributed by atoms with E-state index in [1.54, 1.807) is 0 Å². The predicted octanol–water partition coefficient (Wildman–Crippen LogP) is 3.68. The highest BCUT2D eigenvalue weighted by Gasteiger charge is 2.16.